The van der Waals surface area contributed by atoms with Gasteiger partial charge in [-0.1, -0.05) is 176 Å². The fourth-order valence-electron chi connectivity index (χ4n) is 6.38. The highest BCUT2D eigenvalue weighted by Gasteiger charge is 2.19. The predicted octanol–water partition coefficient (Wildman–Crippen LogP) is 16.0. The van der Waals surface area contributed by atoms with Crippen molar-refractivity contribution in [3.05, 3.63) is 85.1 Å². The lowest BCUT2D eigenvalue weighted by atomic mass is 10.1. The number of ether oxygens (including phenoxy) is 3. The third-order valence-electron chi connectivity index (χ3n) is 10.1. The van der Waals surface area contributed by atoms with Crippen LogP contribution in [0.3, 0.4) is 0 Å². The molecular weight excluding hydrogens is 745 g/mol. The van der Waals surface area contributed by atoms with E-state index in [0.29, 0.717) is 19.3 Å². The first kappa shape index (κ1) is 56.6. The van der Waals surface area contributed by atoms with E-state index in [0.717, 1.165) is 135 Å². The Hall–Kier alpha value is -3.41. The molecule has 0 N–H and O–H groups in total. The summed E-state index contributed by atoms with van der Waals surface area (Å²) in [6, 6.07) is 0. The Kier molecular flexibility index (Phi) is 45.5. The summed E-state index contributed by atoms with van der Waals surface area (Å²) in [5.41, 5.74) is 0. The Morgan fingerprint density at radius 2 is 0.667 bits per heavy atom. The minimum absolute atomic E-state index is 0.100. The summed E-state index contributed by atoms with van der Waals surface area (Å²) in [6.45, 7) is 6.39. The molecule has 0 aromatic heterocycles. The number of carbonyl (C=O) groups is 3. The minimum atomic E-state index is -0.801. The van der Waals surface area contributed by atoms with Crippen LogP contribution < -0.4 is 0 Å². The fourth-order valence-corrected chi connectivity index (χ4v) is 6.38. The smallest absolute Gasteiger partial charge is 0.306 e. The van der Waals surface area contributed by atoms with Gasteiger partial charge in [0.25, 0.3) is 0 Å². The monoisotopic (exact) mass is 835 g/mol. The normalized spacial score (nSPS) is 12.8. The second kappa shape index (κ2) is 48.3. The van der Waals surface area contributed by atoms with Crippen LogP contribution in [0.1, 0.15) is 220 Å². The lowest BCUT2D eigenvalue weighted by Gasteiger charge is -2.18. The quantitative estimate of drug-likeness (QED) is 0.0263. The Balaban J connectivity index is 4.48. The highest BCUT2D eigenvalue weighted by atomic mass is 16.6. The average Bonchev–Trinajstić information content (AvgIpc) is 3.24. The zero-order valence-electron chi connectivity index (χ0n) is 38.9. The first-order valence-electron chi connectivity index (χ1n) is 24.6. The first-order valence-corrected chi connectivity index (χ1v) is 24.6. The largest absolute Gasteiger partial charge is 0.462 e. The van der Waals surface area contributed by atoms with Gasteiger partial charge in [0.05, 0.1) is 0 Å². The summed E-state index contributed by atoms with van der Waals surface area (Å²) in [6.07, 6.45) is 61.3. The molecule has 342 valence electrons. The first-order chi connectivity index (χ1) is 29.5. The molecule has 0 aliphatic carbocycles. The summed E-state index contributed by atoms with van der Waals surface area (Å²) in [7, 11) is 0. The van der Waals surface area contributed by atoms with Gasteiger partial charge in [-0.2, -0.15) is 0 Å². The number of esters is 3. The molecule has 0 bridgehead atoms. The van der Waals surface area contributed by atoms with E-state index in [2.05, 4.69) is 106 Å². The summed E-state index contributed by atoms with van der Waals surface area (Å²) in [5.74, 6) is -0.961. The third kappa shape index (κ3) is 45.7. The zero-order valence-corrected chi connectivity index (χ0v) is 38.9. The molecule has 1 atom stereocenters. The highest BCUT2D eigenvalue weighted by Crippen LogP contribution is 2.13. The van der Waals surface area contributed by atoms with Gasteiger partial charge in [0.15, 0.2) is 6.10 Å². The van der Waals surface area contributed by atoms with E-state index >= 15 is 0 Å². The molecule has 0 aliphatic rings. The zero-order chi connectivity index (χ0) is 43.7. The molecule has 0 aliphatic heterocycles. The van der Waals surface area contributed by atoms with Crippen molar-refractivity contribution in [2.45, 2.75) is 226 Å². The van der Waals surface area contributed by atoms with Gasteiger partial charge in [-0.05, 0) is 109 Å². The lowest BCUT2D eigenvalue weighted by molar-refractivity contribution is -0.167. The van der Waals surface area contributed by atoms with Gasteiger partial charge in [-0.3, -0.25) is 14.4 Å². The maximum atomic E-state index is 12.8. The van der Waals surface area contributed by atoms with Crippen molar-refractivity contribution in [2.24, 2.45) is 0 Å². The molecular formula is C54H90O6. The third-order valence-corrected chi connectivity index (χ3v) is 10.1. The molecule has 0 saturated heterocycles. The predicted molar refractivity (Wildman–Crippen MR) is 256 cm³/mol. The molecule has 6 nitrogen and oxygen atoms in total. The van der Waals surface area contributed by atoms with Gasteiger partial charge in [0, 0.05) is 19.3 Å². The van der Waals surface area contributed by atoms with Crippen molar-refractivity contribution in [3.63, 3.8) is 0 Å². The van der Waals surface area contributed by atoms with Gasteiger partial charge in [-0.25, -0.2) is 0 Å². The van der Waals surface area contributed by atoms with Crippen LogP contribution in [0.15, 0.2) is 85.1 Å². The molecule has 0 aromatic carbocycles. The standard InChI is InChI=1S/C54H90O6/c1-4-7-10-13-16-19-22-25-27-30-32-35-38-41-44-47-53(56)59-50-51(49-58-52(55)46-43-40-37-34-31-28-24-21-18-15-12-9-6-3)60-54(57)48-45-42-39-36-33-29-26-23-20-17-14-11-8-5-2/h9,12,14,16-19,21,23,25-28,31,51H,4-8,10-11,13,15,20,22,24,29-30,32-50H2,1-3H3/b12-9-,17-14-,19-16-,21-18-,26-23-,27-25-,31-28-. The highest BCUT2D eigenvalue weighted by molar-refractivity contribution is 5.71. The lowest BCUT2D eigenvalue weighted by Crippen LogP contribution is -2.30. The van der Waals surface area contributed by atoms with Crippen LogP contribution in [0.5, 0.6) is 0 Å². The molecule has 0 fully saturated rings. The van der Waals surface area contributed by atoms with Gasteiger partial charge >= 0.3 is 17.9 Å². The molecule has 60 heavy (non-hydrogen) atoms. The van der Waals surface area contributed by atoms with Crippen molar-refractivity contribution in [3.8, 4) is 0 Å². The van der Waals surface area contributed by atoms with Crippen molar-refractivity contribution in [1.82, 2.24) is 0 Å². The molecule has 0 saturated carbocycles. The molecule has 0 spiro atoms. The number of hydrogen-bond donors (Lipinski definition) is 0. The average molecular weight is 835 g/mol. The van der Waals surface area contributed by atoms with E-state index in [1.165, 1.54) is 44.9 Å². The fraction of sp³-hybridized carbons (Fsp3) is 0.685. The van der Waals surface area contributed by atoms with Gasteiger partial charge in [-0.15, -0.1) is 0 Å². The maximum Gasteiger partial charge on any atom is 0.306 e. The summed E-state index contributed by atoms with van der Waals surface area (Å²) >= 11 is 0. The Morgan fingerprint density at radius 3 is 1.08 bits per heavy atom. The molecule has 1 unspecified atom stereocenters. The van der Waals surface area contributed by atoms with Crippen LogP contribution in [0.4, 0.5) is 0 Å². The molecule has 0 heterocycles. The van der Waals surface area contributed by atoms with Crippen molar-refractivity contribution >= 4 is 17.9 Å². The van der Waals surface area contributed by atoms with E-state index in [1.54, 1.807) is 0 Å². The van der Waals surface area contributed by atoms with Crippen LogP contribution >= 0.6 is 0 Å². The summed E-state index contributed by atoms with van der Waals surface area (Å²) < 4.78 is 16.7. The topological polar surface area (TPSA) is 78.9 Å². The van der Waals surface area contributed by atoms with E-state index in [9.17, 15) is 14.4 Å². The summed E-state index contributed by atoms with van der Waals surface area (Å²) in [5, 5.41) is 0. The van der Waals surface area contributed by atoms with Crippen molar-refractivity contribution in [1.29, 1.82) is 0 Å². The van der Waals surface area contributed by atoms with Crippen molar-refractivity contribution in [2.75, 3.05) is 13.2 Å². The maximum absolute atomic E-state index is 12.8. The summed E-state index contributed by atoms with van der Waals surface area (Å²) in [4.78, 5) is 37.9. The molecule has 6 heteroatoms. The van der Waals surface area contributed by atoms with Gasteiger partial charge in [0.2, 0.25) is 0 Å². The second-order valence-electron chi connectivity index (χ2n) is 16.0. The van der Waals surface area contributed by atoms with E-state index in [4.69, 9.17) is 14.2 Å². The van der Waals surface area contributed by atoms with E-state index in [-0.39, 0.29) is 31.1 Å². The number of allylic oxidation sites excluding steroid dienone is 14. The second-order valence-corrected chi connectivity index (χ2v) is 16.0. The molecule has 0 aromatic rings. The minimum Gasteiger partial charge on any atom is -0.462 e. The van der Waals surface area contributed by atoms with Gasteiger partial charge < -0.3 is 14.2 Å². The molecule has 0 radical (unpaired) electrons. The number of hydrogen-bond acceptors (Lipinski definition) is 6. The van der Waals surface area contributed by atoms with Crippen LogP contribution in [-0.2, 0) is 28.6 Å². The van der Waals surface area contributed by atoms with Crippen LogP contribution in [0.25, 0.3) is 0 Å². The van der Waals surface area contributed by atoms with Gasteiger partial charge in [0.1, 0.15) is 13.2 Å². The van der Waals surface area contributed by atoms with Crippen molar-refractivity contribution < 1.29 is 28.6 Å². The van der Waals surface area contributed by atoms with Crippen LogP contribution in [0, 0.1) is 0 Å². The molecule has 0 amide bonds. The number of rotatable bonds is 43. The Labute approximate surface area is 369 Å². The van der Waals surface area contributed by atoms with E-state index < -0.39 is 6.10 Å². The Morgan fingerprint density at radius 1 is 0.350 bits per heavy atom. The Bertz CT molecular complexity index is 1190. The number of unbranched alkanes of at least 4 members (excludes halogenated alkanes) is 18. The van der Waals surface area contributed by atoms with Crippen LogP contribution in [0.2, 0.25) is 0 Å². The van der Waals surface area contributed by atoms with Crippen LogP contribution in [-0.4, -0.2) is 37.2 Å². The SMILES string of the molecule is CC/C=C\C/C=C\C/C=C\CCCCCC(=O)OCC(COC(=O)CCCCCCC/C=C\C/C=C\CCCCC)OC(=O)CCCCCCC/C=C\C/C=C\CCCC. The molecule has 0 rings (SSSR count). The number of carbonyl (C=O) groups excluding carboxylic acids is 3. The van der Waals surface area contributed by atoms with E-state index in [1.807, 2.05) is 0 Å².